The number of anilines is 4. The van der Waals surface area contributed by atoms with E-state index in [9.17, 15) is 0 Å². The maximum atomic E-state index is 4.83. The molecule has 32 heavy (non-hydrogen) atoms. The molecule has 0 radical (unpaired) electrons. The second-order valence-corrected chi connectivity index (χ2v) is 8.62. The molecule has 0 bridgehead atoms. The number of rotatable bonds is 2. The summed E-state index contributed by atoms with van der Waals surface area (Å²) in [4.78, 5) is 9.77. The molecule has 0 saturated heterocycles. The first-order valence-corrected chi connectivity index (χ1v) is 10.9. The van der Waals surface area contributed by atoms with E-state index in [1.54, 1.807) is 0 Å². The van der Waals surface area contributed by atoms with E-state index in [0.717, 1.165) is 12.1 Å². The van der Waals surface area contributed by atoms with Crippen molar-refractivity contribution in [2.24, 2.45) is 0 Å². The Morgan fingerprint density at radius 3 is 2.25 bits per heavy atom. The van der Waals surface area contributed by atoms with Crippen LogP contribution in [0.3, 0.4) is 0 Å². The highest BCUT2D eigenvalue weighted by Crippen LogP contribution is 2.52. The van der Waals surface area contributed by atoms with Gasteiger partial charge in [-0.25, -0.2) is 0 Å². The van der Waals surface area contributed by atoms with Gasteiger partial charge in [0.1, 0.15) is 6.17 Å². The quantitative estimate of drug-likeness (QED) is 0.295. The first kappa shape index (κ1) is 20.3. The van der Waals surface area contributed by atoms with E-state index >= 15 is 0 Å². The number of fused-ring (bicyclic) bond motifs is 4. The van der Waals surface area contributed by atoms with Gasteiger partial charge in [0.25, 0.3) is 0 Å². The van der Waals surface area contributed by atoms with E-state index in [1.165, 1.54) is 50.7 Å². The number of hydrogen-bond donors (Lipinski definition) is 0. The summed E-state index contributed by atoms with van der Waals surface area (Å²) < 4.78 is 0. The Balaban J connectivity index is 0.00000216. The van der Waals surface area contributed by atoms with Crippen LogP contribution in [0.1, 0.15) is 36.9 Å². The minimum absolute atomic E-state index is 0. The van der Waals surface area contributed by atoms with Gasteiger partial charge in [-0.15, -0.1) is 0 Å². The van der Waals surface area contributed by atoms with Crippen molar-refractivity contribution in [3.05, 3.63) is 101 Å². The lowest BCUT2D eigenvalue weighted by molar-refractivity contribution is 0.759. The van der Waals surface area contributed by atoms with Crippen LogP contribution in [0.15, 0.2) is 78.9 Å². The van der Waals surface area contributed by atoms with E-state index in [1.807, 2.05) is 0 Å². The molecule has 3 heteroatoms. The van der Waals surface area contributed by atoms with Crippen molar-refractivity contribution in [3.63, 3.8) is 0 Å². The van der Waals surface area contributed by atoms with Gasteiger partial charge in [0.15, 0.2) is 0 Å². The molecule has 2 heterocycles. The van der Waals surface area contributed by atoms with E-state index in [4.69, 9.17) is 4.98 Å². The highest BCUT2D eigenvalue weighted by atomic mass is 15.4. The first-order valence-electron chi connectivity index (χ1n) is 10.9. The smallest absolute Gasteiger partial charge is 0.108 e. The van der Waals surface area contributed by atoms with Crippen molar-refractivity contribution in [1.82, 2.24) is 4.98 Å². The third kappa shape index (κ3) is 2.92. The van der Waals surface area contributed by atoms with Crippen molar-refractivity contribution >= 4 is 22.7 Å². The topological polar surface area (TPSA) is 19.4 Å². The minimum Gasteiger partial charge on any atom is -0.319 e. The fraction of sp³-hybridized carbons (Fsp3) is 0.207. The molecule has 1 atom stereocenters. The Bertz CT molecular complexity index is 1310. The molecule has 1 aromatic heterocycles. The zero-order chi connectivity index (χ0) is 21.1. The van der Waals surface area contributed by atoms with Crippen LogP contribution in [-0.4, -0.2) is 11.1 Å². The first-order chi connectivity index (χ1) is 15.1. The lowest BCUT2D eigenvalue weighted by Crippen LogP contribution is -2.35. The molecular formula is C29H29N3. The van der Waals surface area contributed by atoms with Gasteiger partial charge in [0.05, 0.1) is 17.1 Å². The van der Waals surface area contributed by atoms with Gasteiger partial charge in [-0.05, 0) is 73.9 Å². The van der Waals surface area contributed by atoms with E-state index in [2.05, 4.69) is 109 Å². The third-order valence-corrected chi connectivity index (χ3v) is 6.64. The summed E-state index contributed by atoms with van der Waals surface area (Å²) in [6.45, 7) is 6.56. The van der Waals surface area contributed by atoms with E-state index in [0.29, 0.717) is 0 Å². The average molecular weight is 420 g/mol. The van der Waals surface area contributed by atoms with Gasteiger partial charge in [-0.1, -0.05) is 49.9 Å². The number of aryl methyl sites for hydroxylation is 2. The van der Waals surface area contributed by atoms with Crippen LogP contribution in [0, 0.1) is 13.8 Å². The van der Waals surface area contributed by atoms with E-state index in [-0.39, 0.29) is 13.6 Å². The van der Waals surface area contributed by atoms with Crippen LogP contribution < -0.4 is 9.80 Å². The van der Waals surface area contributed by atoms with Crippen LogP contribution in [-0.2, 0) is 6.42 Å². The van der Waals surface area contributed by atoms with Crippen LogP contribution >= 0.6 is 0 Å². The second-order valence-electron chi connectivity index (χ2n) is 8.62. The summed E-state index contributed by atoms with van der Waals surface area (Å²) in [6.07, 6.45) is 1.08. The predicted molar refractivity (Wildman–Crippen MR) is 135 cm³/mol. The zero-order valence-corrected chi connectivity index (χ0v) is 18.1. The minimum atomic E-state index is 0. The molecule has 4 aromatic rings. The predicted octanol–water partition coefficient (Wildman–Crippen LogP) is 7.54. The Hall–Kier alpha value is -3.59. The Labute approximate surface area is 191 Å². The molecular weight excluding hydrogens is 390 g/mol. The largest absolute Gasteiger partial charge is 0.319 e. The molecule has 6 rings (SSSR count). The number of benzene rings is 3. The number of aromatic nitrogens is 1. The van der Waals surface area contributed by atoms with Gasteiger partial charge in [-0.3, -0.25) is 4.98 Å². The fourth-order valence-electron chi connectivity index (χ4n) is 5.20. The molecule has 0 fully saturated rings. The van der Waals surface area contributed by atoms with Crippen molar-refractivity contribution in [3.8, 4) is 11.1 Å². The van der Waals surface area contributed by atoms with Gasteiger partial charge in [0, 0.05) is 29.1 Å². The molecule has 3 nitrogen and oxygen atoms in total. The average Bonchev–Trinajstić information content (AvgIpc) is 3.26. The number of hydrogen-bond acceptors (Lipinski definition) is 3. The third-order valence-electron chi connectivity index (χ3n) is 6.64. The Morgan fingerprint density at radius 1 is 0.750 bits per heavy atom. The summed E-state index contributed by atoms with van der Waals surface area (Å²) in [5.41, 5.74) is 12.5. The highest BCUT2D eigenvalue weighted by Gasteiger charge is 2.37. The zero-order valence-electron chi connectivity index (χ0n) is 18.1. The van der Waals surface area contributed by atoms with E-state index < -0.39 is 0 Å². The summed E-state index contributed by atoms with van der Waals surface area (Å²) in [7, 11) is 0. The van der Waals surface area contributed by atoms with Gasteiger partial charge < -0.3 is 9.80 Å². The molecule has 0 N–H and O–H groups in total. The molecule has 160 valence electrons. The SMILES string of the molecule is C.Cc1ccc2c(n1)Cc1cc3c(cc1-2)N(c1ccccc1)[C@H](C)N3c1ccccc1C. The van der Waals surface area contributed by atoms with Gasteiger partial charge >= 0.3 is 0 Å². The lowest BCUT2D eigenvalue weighted by atomic mass is 10.0. The molecule has 1 aliphatic carbocycles. The maximum absolute atomic E-state index is 4.83. The monoisotopic (exact) mass is 419 g/mol. The summed E-state index contributed by atoms with van der Waals surface area (Å²) in [5, 5.41) is 0. The second kappa shape index (κ2) is 7.52. The Morgan fingerprint density at radius 2 is 1.47 bits per heavy atom. The molecule has 0 spiro atoms. The van der Waals surface area contributed by atoms with Crippen molar-refractivity contribution in [2.45, 2.75) is 40.8 Å². The highest BCUT2D eigenvalue weighted by molar-refractivity contribution is 5.94. The molecule has 0 amide bonds. The van der Waals surface area contributed by atoms with Gasteiger partial charge in [0.2, 0.25) is 0 Å². The van der Waals surface area contributed by atoms with Crippen molar-refractivity contribution < 1.29 is 0 Å². The van der Waals surface area contributed by atoms with Crippen LogP contribution in [0.4, 0.5) is 22.7 Å². The van der Waals surface area contributed by atoms with Crippen LogP contribution in [0.2, 0.25) is 0 Å². The normalized spacial score (nSPS) is 15.8. The number of para-hydroxylation sites is 2. The maximum Gasteiger partial charge on any atom is 0.108 e. The molecule has 2 aliphatic rings. The Kier molecular flexibility index (Phi) is 4.78. The summed E-state index contributed by atoms with van der Waals surface area (Å²) in [6, 6.07) is 28.5. The molecule has 3 aromatic carbocycles. The summed E-state index contributed by atoms with van der Waals surface area (Å²) >= 11 is 0. The van der Waals surface area contributed by atoms with Crippen molar-refractivity contribution in [2.75, 3.05) is 9.80 Å². The van der Waals surface area contributed by atoms with Crippen LogP contribution in [0.5, 0.6) is 0 Å². The summed E-state index contributed by atoms with van der Waals surface area (Å²) in [5.74, 6) is 0. The molecule has 0 unspecified atom stereocenters. The van der Waals surface area contributed by atoms with Crippen LogP contribution in [0.25, 0.3) is 11.1 Å². The lowest BCUT2D eigenvalue weighted by Gasteiger charge is -2.31. The van der Waals surface area contributed by atoms with Gasteiger partial charge in [-0.2, -0.15) is 0 Å². The number of nitrogens with zero attached hydrogens (tertiary/aromatic N) is 3. The number of pyridine rings is 1. The van der Waals surface area contributed by atoms with Crippen molar-refractivity contribution in [1.29, 1.82) is 0 Å². The molecule has 1 aliphatic heterocycles. The standard InChI is InChI=1S/C28H25N3.CH4/c1-18-9-7-8-12-26(18)31-20(3)30(22-10-5-4-6-11-22)28-17-24-21(16-27(28)31)15-25-23(24)14-13-19(2)29-25;/h4-14,16-17,20H,15H2,1-3H3;1H4/t20-;/m0./s1. The molecule has 0 saturated carbocycles. The fourth-order valence-corrected chi connectivity index (χ4v) is 5.20.